The molecule has 1 heterocycles. The summed E-state index contributed by atoms with van der Waals surface area (Å²) in [5.74, 6) is 0.102. The van der Waals surface area contributed by atoms with Gasteiger partial charge >= 0.3 is 0 Å². The van der Waals surface area contributed by atoms with Gasteiger partial charge in [0, 0.05) is 12.1 Å². The third-order valence-corrected chi connectivity index (χ3v) is 4.03. The maximum Gasteiger partial charge on any atom is 0.250 e. The minimum atomic E-state index is -0.533. The van der Waals surface area contributed by atoms with E-state index in [0.717, 1.165) is 6.54 Å². The first kappa shape index (κ1) is 13.6. The maximum absolute atomic E-state index is 11.2. The van der Waals surface area contributed by atoms with Crippen molar-refractivity contribution in [1.29, 1.82) is 0 Å². The Bertz CT molecular complexity index is 482. The van der Waals surface area contributed by atoms with Gasteiger partial charge in [-0.15, -0.1) is 0 Å². The summed E-state index contributed by atoms with van der Waals surface area (Å²) in [6.45, 7) is 0.801. The number of nitrogens with one attached hydrogen (secondary N) is 1. The van der Waals surface area contributed by atoms with Crippen molar-refractivity contribution >= 4 is 17.4 Å². The predicted octanol–water partition coefficient (Wildman–Crippen LogP) is 0.659. The average Bonchev–Trinajstić information content (AvgIpc) is 2.28. The number of hydrogen-bond donors (Lipinski definition) is 3. The molecule has 2 rings (SSSR count). The number of aromatic nitrogens is 1. The number of nitrogen functional groups attached to an aromatic ring is 1. The second-order valence-corrected chi connectivity index (χ2v) is 5.35. The standard InChI is InChI=1S/C13H21N5O/c1-18(2)13(4-3-5-13)8-17-11-6-9(12(15)19)10(14)7-16-11/h6-7H,3-5,8,14H2,1-2H3,(H2,15,19)(H,16,17). The van der Waals surface area contributed by atoms with Crippen LogP contribution in [-0.2, 0) is 0 Å². The highest BCUT2D eigenvalue weighted by atomic mass is 16.1. The van der Waals surface area contributed by atoms with Crippen LogP contribution in [0.15, 0.2) is 12.3 Å². The van der Waals surface area contributed by atoms with Crippen molar-refractivity contribution in [2.75, 3.05) is 31.7 Å². The van der Waals surface area contributed by atoms with Gasteiger partial charge in [0.1, 0.15) is 5.82 Å². The highest BCUT2D eigenvalue weighted by Gasteiger charge is 2.38. The first-order valence-electron chi connectivity index (χ1n) is 6.41. The number of nitrogens with two attached hydrogens (primary N) is 2. The Morgan fingerprint density at radius 2 is 2.21 bits per heavy atom. The molecule has 0 atom stereocenters. The van der Waals surface area contributed by atoms with Crippen molar-refractivity contribution in [3.63, 3.8) is 0 Å². The fraction of sp³-hybridized carbons (Fsp3) is 0.538. The Balaban J connectivity index is 2.08. The third kappa shape index (κ3) is 2.63. The molecule has 0 bridgehead atoms. The molecule has 19 heavy (non-hydrogen) atoms. The molecule has 0 saturated heterocycles. The Morgan fingerprint density at radius 1 is 1.53 bits per heavy atom. The van der Waals surface area contributed by atoms with Crippen molar-refractivity contribution in [2.45, 2.75) is 24.8 Å². The molecule has 1 aliphatic rings. The van der Waals surface area contributed by atoms with Gasteiger partial charge in [-0.05, 0) is 39.4 Å². The number of carbonyl (C=O) groups is 1. The Morgan fingerprint density at radius 3 is 2.68 bits per heavy atom. The molecule has 0 aromatic carbocycles. The molecule has 1 aromatic heterocycles. The van der Waals surface area contributed by atoms with Gasteiger partial charge in [-0.25, -0.2) is 4.98 Å². The largest absolute Gasteiger partial charge is 0.397 e. The Hall–Kier alpha value is -1.82. The van der Waals surface area contributed by atoms with E-state index >= 15 is 0 Å². The van der Waals surface area contributed by atoms with Gasteiger partial charge in [0.05, 0.1) is 17.4 Å². The first-order valence-corrected chi connectivity index (χ1v) is 6.41. The summed E-state index contributed by atoms with van der Waals surface area (Å²) in [7, 11) is 4.18. The number of pyridine rings is 1. The molecule has 6 heteroatoms. The zero-order valence-corrected chi connectivity index (χ0v) is 11.4. The van der Waals surface area contributed by atoms with Crippen LogP contribution in [0.3, 0.4) is 0 Å². The minimum absolute atomic E-state index is 0.190. The van der Waals surface area contributed by atoms with E-state index < -0.39 is 5.91 Å². The van der Waals surface area contributed by atoms with Crippen LogP contribution in [0, 0.1) is 0 Å². The molecule has 6 nitrogen and oxygen atoms in total. The molecule has 1 aliphatic carbocycles. The van der Waals surface area contributed by atoms with Gasteiger partial charge in [-0.1, -0.05) is 0 Å². The van der Waals surface area contributed by atoms with E-state index in [2.05, 4.69) is 29.3 Å². The maximum atomic E-state index is 11.2. The van der Waals surface area contributed by atoms with Crippen LogP contribution in [0.4, 0.5) is 11.5 Å². The van der Waals surface area contributed by atoms with Crippen LogP contribution in [0.25, 0.3) is 0 Å². The number of nitrogens with zero attached hydrogens (tertiary/aromatic N) is 2. The van der Waals surface area contributed by atoms with E-state index in [1.807, 2.05) is 0 Å². The van der Waals surface area contributed by atoms with E-state index in [9.17, 15) is 4.79 Å². The van der Waals surface area contributed by atoms with Gasteiger partial charge in [-0.3, -0.25) is 4.79 Å². The summed E-state index contributed by atoms with van der Waals surface area (Å²) >= 11 is 0. The average molecular weight is 263 g/mol. The second kappa shape index (κ2) is 5.05. The molecule has 1 aromatic rings. The first-order chi connectivity index (χ1) is 8.94. The van der Waals surface area contributed by atoms with Crippen molar-refractivity contribution in [2.24, 2.45) is 5.73 Å². The number of primary amides is 1. The lowest BCUT2D eigenvalue weighted by Gasteiger charge is -2.47. The third-order valence-electron chi connectivity index (χ3n) is 4.03. The van der Waals surface area contributed by atoms with Gasteiger partial charge in [-0.2, -0.15) is 0 Å². The van der Waals surface area contributed by atoms with Gasteiger partial charge in [0.15, 0.2) is 0 Å². The van der Waals surface area contributed by atoms with Crippen LogP contribution < -0.4 is 16.8 Å². The highest BCUT2D eigenvalue weighted by molar-refractivity contribution is 5.98. The van der Waals surface area contributed by atoms with Gasteiger partial charge in [0.2, 0.25) is 0 Å². The molecular weight excluding hydrogens is 242 g/mol. The van der Waals surface area contributed by atoms with Crippen LogP contribution in [0.5, 0.6) is 0 Å². The zero-order chi connectivity index (χ0) is 14.0. The zero-order valence-electron chi connectivity index (χ0n) is 11.4. The van der Waals surface area contributed by atoms with E-state index in [-0.39, 0.29) is 5.54 Å². The number of hydrogen-bond acceptors (Lipinski definition) is 5. The molecule has 0 radical (unpaired) electrons. The van der Waals surface area contributed by atoms with Crippen LogP contribution in [0.1, 0.15) is 29.6 Å². The number of likely N-dealkylation sites (N-methyl/N-ethyl adjacent to an activating group) is 1. The summed E-state index contributed by atoms with van der Waals surface area (Å²) in [6, 6.07) is 1.61. The Kier molecular flexibility index (Phi) is 3.61. The van der Waals surface area contributed by atoms with Crippen molar-refractivity contribution in [3.05, 3.63) is 17.8 Å². The monoisotopic (exact) mass is 263 g/mol. The number of anilines is 2. The number of amides is 1. The minimum Gasteiger partial charge on any atom is -0.397 e. The van der Waals surface area contributed by atoms with Gasteiger partial charge < -0.3 is 21.7 Å². The lowest BCUT2D eigenvalue weighted by Crippen LogP contribution is -2.54. The Labute approximate surface area is 113 Å². The smallest absolute Gasteiger partial charge is 0.250 e. The summed E-state index contributed by atoms with van der Waals surface area (Å²) in [6.07, 6.45) is 5.06. The molecular formula is C13H21N5O. The fourth-order valence-electron chi connectivity index (χ4n) is 2.40. The summed E-state index contributed by atoms with van der Waals surface area (Å²) in [4.78, 5) is 17.7. The summed E-state index contributed by atoms with van der Waals surface area (Å²) < 4.78 is 0. The second-order valence-electron chi connectivity index (χ2n) is 5.35. The topological polar surface area (TPSA) is 97.3 Å². The SMILES string of the molecule is CN(C)C1(CNc2cc(C(N)=O)c(N)cn2)CCC1. The molecule has 0 unspecified atom stereocenters. The molecule has 0 spiro atoms. The van der Waals surface area contributed by atoms with E-state index in [0.29, 0.717) is 17.1 Å². The highest BCUT2D eigenvalue weighted by Crippen LogP contribution is 2.36. The quantitative estimate of drug-likeness (QED) is 0.725. The fourth-order valence-corrected chi connectivity index (χ4v) is 2.40. The van der Waals surface area contributed by atoms with Crippen molar-refractivity contribution < 1.29 is 4.79 Å². The van der Waals surface area contributed by atoms with Crippen molar-refractivity contribution in [1.82, 2.24) is 9.88 Å². The van der Waals surface area contributed by atoms with Crippen LogP contribution in [0.2, 0.25) is 0 Å². The molecule has 5 N–H and O–H groups in total. The van der Waals surface area contributed by atoms with Crippen LogP contribution >= 0.6 is 0 Å². The van der Waals surface area contributed by atoms with Gasteiger partial charge in [0.25, 0.3) is 5.91 Å². The normalized spacial score (nSPS) is 17.0. The lowest BCUT2D eigenvalue weighted by molar-refractivity contribution is 0.0738. The summed E-state index contributed by atoms with van der Waals surface area (Å²) in [5, 5.41) is 3.28. The van der Waals surface area contributed by atoms with Crippen LogP contribution in [-0.4, -0.2) is 42.0 Å². The summed E-state index contributed by atoms with van der Waals surface area (Å²) in [5.41, 5.74) is 11.7. The van der Waals surface area contributed by atoms with E-state index in [4.69, 9.17) is 11.5 Å². The number of carbonyl (C=O) groups excluding carboxylic acids is 1. The predicted molar refractivity (Wildman–Crippen MR) is 75.9 cm³/mol. The molecule has 104 valence electrons. The van der Waals surface area contributed by atoms with Crippen molar-refractivity contribution in [3.8, 4) is 0 Å². The van der Waals surface area contributed by atoms with E-state index in [1.165, 1.54) is 25.5 Å². The molecule has 1 fully saturated rings. The number of rotatable bonds is 5. The van der Waals surface area contributed by atoms with E-state index in [1.54, 1.807) is 6.07 Å². The molecule has 1 amide bonds. The molecule has 0 aliphatic heterocycles. The lowest BCUT2D eigenvalue weighted by atomic mass is 9.75. The molecule has 1 saturated carbocycles.